The molecule has 1 rings (SSSR count). The Morgan fingerprint density at radius 3 is 2.65 bits per heavy atom. The van der Waals surface area contributed by atoms with Crippen LogP contribution in [-0.4, -0.2) is 23.0 Å². The van der Waals surface area contributed by atoms with Gasteiger partial charge in [0.05, 0.1) is 23.6 Å². The Labute approximate surface area is 98.0 Å². The molecule has 0 atom stereocenters. The molecule has 92 valence electrons. The molecule has 0 bridgehead atoms. The standard InChI is InChI=1S/C11H13FN2O3/c1-11(2,3)17-10(16)14-9-5-13-4-8(12)7(9)6-15/h4-6H,1-3H3,(H,14,16). The topological polar surface area (TPSA) is 68.3 Å². The van der Waals surface area contributed by atoms with E-state index < -0.39 is 17.5 Å². The van der Waals surface area contributed by atoms with Crippen molar-refractivity contribution in [1.82, 2.24) is 4.98 Å². The molecule has 0 aromatic carbocycles. The summed E-state index contributed by atoms with van der Waals surface area (Å²) in [5, 5.41) is 2.26. The lowest BCUT2D eigenvalue weighted by Crippen LogP contribution is -2.27. The Kier molecular flexibility index (Phi) is 3.77. The van der Waals surface area contributed by atoms with Crippen molar-refractivity contribution >= 4 is 18.1 Å². The first-order chi connectivity index (χ1) is 7.83. The molecule has 0 saturated carbocycles. The number of carbonyl (C=O) groups excluding carboxylic acids is 2. The summed E-state index contributed by atoms with van der Waals surface area (Å²) in [4.78, 5) is 25.6. The second kappa shape index (κ2) is 4.90. The highest BCUT2D eigenvalue weighted by molar-refractivity contribution is 5.92. The van der Waals surface area contributed by atoms with Crippen LogP contribution in [0.25, 0.3) is 0 Å². The predicted molar refractivity (Wildman–Crippen MR) is 59.4 cm³/mol. The third-order valence-electron chi connectivity index (χ3n) is 1.69. The zero-order valence-corrected chi connectivity index (χ0v) is 9.78. The van der Waals surface area contributed by atoms with Gasteiger partial charge >= 0.3 is 6.09 Å². The summed E-state index contributed by atoms with van der Waals surface area (Å²) < 4.78 is 18.1. The van der Waals surface area contributed by atoms with Gasteiger partial charge in [0.15, 0.2) is 12.1 Å². The number of carbonyl (C=O) groups is 2. The highest BCUT2D eigenvalue weighted by Gasteiger charge is 2.18. The number of halogens is 1. The lowest BCUT2D eigenvalue weighted by atomic mass is 10.2. The summed E-state index contributed by atoms with van der Waals surface area (Å²) in [7, 11) is 0. The zero-order chi connectivity index (χ0) is 13.1. The number of ether oxygens (including phenoxy) is 1. The minimum atomic E-state index is -0.798. The Balaban J connectivity index is 2.85. The van der Waals surface area contributed by atoms with Crippen molar-refractivity contribution in [3.63, 3.8) is 0 Å². The van der Waals surface area contributed by atoms with Gasteiger partial charge in [0.2, 0.25) is 0 Å². The van der Waals surface area contributed by atoms with Crippen LogP contribution in [0.4, 0.5) is 14.9 Å². The molecule has 17 heavy (non-hydrogen) atoms. The first-order valence-corrected chi connectivity index (χ1v) is 4.92. The number of nitrogens with one attached hydrogen (secondary N) is 1. The second-order valence-corrected chi connectivity index (χ2v) is 4.33. The lowest BCUT2D eigenvalue weighted by Gasteiger charge is -2.19. The molecule has 1 aromatic heterocycles. The van der Waals surface area contributed by atoms with E-state index in [4.69, 9.17) is 4.74 Å². The van der Waals surface area contributed by atoms with E-state index in [1.807, 2.05) is 0 Å². The minimum Gasteiger partial charge on any atom is -0.444 e. The molecule has 0 unspecified atom stereocenters. The zero-order valence-electron chi connectivity index (χ0n) is 9.78. The van der Waals surface area contributed by atoms with Crippen LogP contribution in [0.3, 0.4) is 0 Å². The summed E-state index contributed by atoms with van der Waals surface area (Å²) in [5.74, 6) is -0.798. The van der Waals surface area contributed by atoms with Gasteiger partial charge in [0, 0.05) is 0 Å². The van der Waals surface area contributed by atoms with Gasteiger partial charge in [-0.05, 0) is 20.8 Å². The highest BCUT2D eigenvalue weighted by atomic mass is 19.1. The van der Waals surface area contributed by atoms with Crippen molar-refractivity contribution in [2.75, 3.05) is 5.32 Å². The van der Waals surface area contributed by atoms with Gasteiger partial charge in [-0.1, -0.05) is 0 Å². The maximum Gasteiger partial charge on any atom is 0.412 e. The van der Waals surface area contributed by atoms with Gasteiger partial charge in [-0.25, -0.2) is 9.18 Å². The fraction of sp³-hybridized carbons (Fsp3) is 0.364. The van der Waals surface area contributed by atoms with E-state index >= 15 is 0 Å². The summed E-state index contributed by atoms with van der Waals surface area (Å²) in [5.41, 5.74) is -0.952. The van der Waals surface area contributed by atoms with E-state index in [-0.39, 0.29) is 11.3 Å². The highest BCUT2D eigenvalue weighted by Crippen LogP contribution is 2.16. The first-order valence-electron chi connectivity index (χ1n) is 4.92. The van der Waals surface area contributed by atoms with Gasteiger partial charge in [-0.3, -0.25) is 15.1 Å². The monoisotopic (exact) mass is 240 g/mol. The average Bonchev–Trinajstić information content (AvgIpc) is 2.14. The fourth-order valence-electron chi connectivity index (χ4n) is 1.08. The van der Waals surface area contributed by atoms with Crippen LogP contribution in [0, 0.1) is 5.82 Å². The average molecular weight is 240 g/mol. The van der Waals surface area contributed by atoms with Crippen LogP contribution in [0.1, 0.15) is 31.1 Å². The number of rotatable bonds is 2. The van der Waals surface area contributed by atoms with Gasteiger partial charge in [-0.15, -0.1) is 0 Å². The van der Waals surface area contributed by atoms with E-state index in [2.05, 4.69) is 10.3 Å². The molecule has 0 spiro atoms. The molecule has 1 heterocycles. The number of pyridine rings is 1. The number of nitrogens with zero attached hydrogens (tertiary/aromatic N) is 1. The Morgan fingerprint density at radius 2 is 2.12 bits per heavy atom. The summed E-state index contributed by atoms with van der Waals surface area (Å²) in [6, 6.07) is 0. The molecular weight excluding hydrogens is 227 g/mol. The van der Waals surface area contributed by atoms with Gasteiger partial charge < -0.3 is 4.74 Å². The van der Waals surface area contributed by atoms with Crippen molar-refractivity contribution in [3.05, 3.63) is 23.8 Å². The predicted octanol–water partition coefficient (Wildman–Crippen LogP) is 2.38. The molecule has 1 amide bonds. The molecule has 0 saturated heterocycles. The Hall–Kier alpha value is -1.98. The van der Waals surface area contributed by atoms with Gasteiger partial charge in [0.25, 0.3) is 0 Å². The van der Waals surface area contributed by atoms with Crippen molar-refractivity contribution < 1.29 is 18.7 Å². The molecule has 1 aromatic rings. The molecule has 0 radical (unpaired) electrons. The van der Waals surface area contributed by atoms with Gasteiger partial charge in [0.1, 0.15) is 5.60 Å². The van der Waals surface area contributed by atoms with Crippen LogP contribution >= 0.6 is 0 Å². The van der Waals surface area contributed by atoms with Crippen molar-refractivity contribution in [1.29, 1.82) is 0 Å². The number of hydrogen-bond acceptors (Lipinski definition) is 4. The molecule has 0 aliphatic carbocycles. The number of anilines is 1. The SMILES string of the molecule is CC(C)(C)OC(=O)Nc1cncc(F)c1C=O. The third-order valence-corrected chi connectivity index (χ3v) is 1.69. The van der Waals surface area contributed by atoms with E-state index in [1.165, 1.54) is 6.20 Å². The van der Waals surface area contributed by atoms with Gasteiger partial charge in [-0.2, -0.15) is 0 Å². The normalized spacial score (nSPS) is 10.8. The summed E-state index contributed by atoms with van der Waals surface area (Å²) >= 11 is 0. The third kappa shape index (κ3) is 3.82. The van der Waals surface area contributed by atoms with Crippen LogP contribution < -0.4 is 5.32 Å². The number of hydrogen-bond donors (Lipinski definition) is 1. The van der Waals surface area contributed by atoms with E-state index in [0.29, 0.717) is 6.29 Å². The fourth-order valence-corrected chi connectivity index (χ4v) is 1.08. The first kappa shape index (κ1) is 13.1. The molecule has 5 nitrogen and oxygen atoms in total. The smallest absolute Gasteiger partial charge is 0.412 e. The largest absolute Gasteiger partial charge is 0.444 e. The van der Waals surface area contributed by atoms with E-state index in [1.54, 1.807) is 20.8 Å². The summed E-state index contributed by atoms with van der Waals surface area (Å²) in [6.07, 6.45) is 1.61. The molecule has 0 fully saturated rings. The Bertz CT molecular complexity index is 441. The van der Waals surface area contributed by atoms with Crippen molar-refractivity contribution in [2.45, 2.75) is 26.4 Å². The maximum atomic E-state index is 13.2. The van der Waals surface area contributed by atoms with Crippen LogP contribution in [0.2, 0.25) is 0 Å². The molecule has 0 aliphatic heterocycles. The van der Waals surface area contributed by atoms with Crippen LogP contribution in [-0.2, 0) is 4.74 Å². The minimum absolute atomic E-state index is 0.0192. The molecule has 0 aliphatic rings. The summed E-state index contributed by atoms with van der Waals surface area (Å²) in [6.45, 7) is 5.07. The van der Waals surface area contributed by atoms with E-state index in [9.17, 15) is 14.0 Å². The quantitative estimate of drug-likeness (QED) is 0.806. The molecule has 6 heteroatoms. The second-order valence-electron chi connectivity index (χ2n) is 4.33. The maximum absolute atomic E-state index is 13.2. The van der Waals surface area contributed by atoms with Crippen LogP contribution in [0.15, 0.2) is 12.4 Å². The number of amides is 1. The lowest BCUT2D eigenvalue weighted by molar-refractivity contribution is 0.0636. The molecular formula is C11H13FN2O3. The Morgan fingerprint density at radius 1 is 1.47 bits per heavy atom. The van der Waals surface area contributed by atoms with Crippen molar-refractivity contribution in [2.24, 2.45) is 0 Å². The van der Waals surface area contributed by atoms with E-state index in [0.717, 1.165) is 6.20 Å². The number of aromatic nitrogens is 1. The number of aldehydes is 1. The van der Waals surface area contributed by atoms with Crippen molar-refractivity contribution in [3.8, 4) is 0 Å². The van der Waals surface area contributed by atoms with Crippen LogP contribution in [0.5, 0.6) is 0 Å². The molecule has 1 N–H and O–H groups in total.